The number of hydrogen-bond acceptors (Lipinski definition) is 2. The molecule has 1 aliphatic rings. The molecule has 3 rings (SSSR count). The van der Waals surface area contributed by atoms with E-state index in [-0.39, 0.29) is 5.92 Å². The molecule has 102 valence electrons. The van der Waals surface area contributed by atoms with Crippen molar-refractivity contribution < 1.29 is 9.90 Å². The number of carboxylic acid groups (broad SMARTS) is 1. The summed E-state index contributed by atoms with van der Waals surface area (Å²) in [5.74, 6) is -0.697. The largest absolute Gasteiger partial charge is 0.480 e. The van der Waals surface area contributed by atoms with Gasteiger partial charge >= 0.3 is 5.97 Å². The lowest BCUT2D eigenvalue weighted by Gasteiger charge is -2.16. The number of carbonyl (C=O) groups is 1. The monoisotopic (exact) mass is 267 g/mol. The fourth-order valence-corrected chi connectivity index (χ4v) is 2.88. The maximum atomic E-state index is 11.2. The van der Waals surface area contributed by atoms with Crippen molar-refractivity contribution in [1.82, 2.24) is 5.32 Å². The van der Waals surface area contributed by atoms with Gasteiger partial charge in [0.15, 0.2) is 0 Å². The highest BCUT2D eigenvalue weighted by Gasteiger charge is 2.33. The Hall–Kier alpha value is -2.13. The molecule has 0 spiro atoms. The lowest BCUT2D eigenvalue weighted by Crippen LogP contribution is -2.34. The fourth-order valence-electron chi connectivity index (χ4n) is 2.88. The topological polar surface area (TPSA) is 49.3 Å². The van der Waals surface area contributed by atoms with Gasteiger partial charge in [-0.25, -0.2) is 0 Å². The van der Waals surface area contributed by atoms with Crippen LogP contribution in [0.5, 0.6) is 0 Å². The Bertz CT molecular complexity index is 592. The van der Waals surface area contributed by atoms with E-state index in [4.69, 9.17) is 0 Å². The van der Waals surface area contributed by atoms with Gasteiger partial charge in [-0.2, -0.15) is 0 Å². The van der Waals surface area contributed by atoms with Gasteiger partial charge < -0.3 is 10.4 Å². The first-order valence-corrected chi connectivity index (χ1v) is 6.87. The summed E-state index contributed by atoms with van der Waals surface area (Å²) in [5.41, 5.74) is 3.44. The highest BCUT2D eigenvalue weighted by Crippen LogP contribution is 2.29. The van der Waals surface area contributed by atoms with Crippen molar-refractivity contribution >= 4 is 5.97 Å². The van der Waals surface area contributed by atoms with Crippen LogP contribution >= 0.6 is 0 Å². The lowest BCUT2D eigenvalue weighted by molar-refractivity contribution is -0.139. The van der Waals surface area contributed by atoms with E-state index in [1.807, 2.05) is 18.2 Å². The summed E-state index contributed by atoms with van der Waals surface area (Å²) in [7, 11) is 0. The molecule has 3 heteroatoms. The minimum atomic E-state index is -0.764. The Morgan fingerprint density at radius 2 is 1.65 bits per heavy atom. The first kappa shape index (κ1) is 12.9. The zero-order valence-electron chi connectivity index (χ0n) is 11.1. The third-order valence-electron chi connectivity index (χ3n) is 3.93. The van der Waals surface area contributed by atoms with E-state index in [2.05, 4.69) is 41.7 Å². The molecule has 0 aromatic heterocycles. The van der Waals surface area contributed by atoms with Crippen LogP contribution in [0.2, 0.25) is 0 Å². The second-order valence-electron chi connectivity index (χ2n) is 5.15. The average Bonchev–Trinajstić information content (AvgIpc) is 2.98. The van der Waals surface area contributed by atoms with Gasteiger partial charge in [-0.15, -0.1) is 0 Å². The van der Waals surface area contributed by atoms with Crippen LogP contribution in [-0.4, -0.2) is 23.7 Å². The highest BCUT2D eigenvalue weighted by molar-refractivity contribution is 5.75. The van der Waals surface area contributed by atoms with Gasteiger partial charge in [0.25, 0.3) is 0 Å². The van der Waals surface area contributed by atoms with Gasteiger partial charge in [0, 0.05) is 5.92 Å². The molecule has 2 N–H and O–H groups in total. The third-order valence-corrected chi connectivity index (χ3v) is 3.93. The molecule has 2 aromatic rings. The Morgan fingerprint density at radius 3 is 2.30 bits per heavy atom. The van der Waals surface area contributed by atoms with E-state index in [1.54, 1.807) is 0 Å². The molecule has 3 nitrogen and oxygen atoms in total. The molecule has 2 unspecified atom stereocenters. The van der Waals surface area contributed by atoms with E-state index in [0.717, 1.165) is 24.1 Å². The molecular formula is C17H17NO2. The molecule has 0 saturated carbocycles. The van der Waals surface area contributed by atoms with Crippen LogP contribution in [0.1, 0.15) is 17.9 Å². The first-order valence-electron chi connectivity index (χ1n) is 6.87. The van der Waals surface area contributed by atoms with Crippen molar-refractivity contribution in [3.8, 4) is 11.1 Å². The summed E-state index contributed by atoms with van der Waals surface area (Å²) < 4.78 is 0. The maximum Gasteiger partial charge on any atom is 0.321 e. The molecule has 0 radical (unpaired) electrons. The molecule has 1 saturated heterocycles. The van der Waals surface area contributed by atoms with Gasteiger partial charge in [-0.3, -0.25) is 4.79 Å². The third kappa shape index (κ3) is 2.45. The van der Waals surface area contributed by atoms with Crippen LogP contribution in [0.3, 0.4) is 0 Å². The maximum absolute atomic E-state index is 11.2. The van der Waals surface area contributed by atoms with E-state index in [9.17, 15) is 9.90 Å². The molecule has 1 aliphatic heterocycles. The predicted octanol–water partition coefficient (Wildman–Crippen LogP) is 2.88. The van der Waals surface area contributed by atoms with Crippen molar-refractivity contribution in [3.05, 3.63) is 60.2 Å². The number of carboxylic acids is 1. The van der Waals surface area contributed by atoms with Crippen LogP contribution in [0.25, 0.3) is 11.1 Å². The molecule has 1 fully saturated rings. The smallest absolute Gasteiger partial charge is 0.321 e. The molecule has 20 heavy (non-hydrogen) atoms. The quantitative estimate of drug-likeness (QED) is 0.899. The summed E-state index contributed by atoms with van der Waals surface area (Å²) >= 11 is 0. The highest BCUT2D eigenvalue weighted by atomic mass is 16.4. The van der Waals surface area contributed by atoms with Crippen molar-refractivity contribution in [1.29, 1.82) is 0 Å². The van der Waals surface area contributed by atoms with Crippen molar-refractivity contribution in [2.45, 2.75) is 18.4 Å². The van der Waals surface area contributed by atoms with E-state index < -0.39 is 12.0 Å². The van der Waals surface area contributed by atoms with Crippen molar-refractivity contribution in [2.75, 3.05) is 6.54 Å². The molecule has 0 bridgehead atoms. The minimum absolute atomic E-state index is 0.0670. The number of nitrogens with one attached hydrogen (secondary N) is 1. The van der Waals surface area contributed by atoms with E-state index in [1.165, 1.54) is 5.56 Å². The summed E-state index contributed by atoms with van der Waals surface area (Å²) in [6.07, 6.45) is 0.877. The van der Waals surface area contributed by atoms with Crippen LogP contribution in [0, 0.1) is 0 Å². The molecule has 2 aromatic carbocycles. The number of rotatable bonds is 3. The average molecular weight is 267 g/mol. The fraction of sp³-hybridized carbons (Fsp3) is 0.235. The van der Waals surface area contributed by atoms with Gasteiger partial charge in [-0.05, 0) is 29.7 Å². The van der Waals surface area contributed by atoms with Crippen LogP contribution < -0.4 is 5.32 Å². The second kappa shape index (κ2) is 5.47. The zero-order chi connectivity index (χ0) is 13.9. The molecular weight excluding hydrogens is 250 g/mol. The molecule has 0 amide bonds. The Balaban J connectivity index is 1.85. The van der Waals surface area contributed by atoms with Crippen molar-refractivity contribution in [2.24, 2.45) is 0 Å². The summed E-state index contributed by atoms with van der Waals surface area (Å²) in [4.78, 5) is 11.2. The van der Waals surface area contributed by atoms with Gasteiger partial charge in [0.2, 0.25) is 0 Å². The Labute approximate surface area is 118 Å². The Kier molecular flexibility index (Phi) is 3.52. The van der Waals surface area contributed by atoms with E-state index >= 15 is 0 Å². The summed E-state index contributed by atoms with van der Waals surface area (Å²) in [6, 6.07) is 18.0. The Morgan fingerprint density at radius 1 is 1.00 bits per heavy atom. The standard InChI is InChI=1S/C17H17NO2/c19-17(20)16-15(10-11-18-16)14-8-6-13(7-9-14)12-4-2-1-3-5-12/h1-9,15-16,18H,10-11H2,(H,19,20). The SMILES string of the molecule is O=C(O)C1NCCC1c1ccc(-c2ccccc2)cc1. The van der Waals surface area contributed by atoms with Gasteiger partial charge in [-0.1, -0.05) is 54.6 Å². The molecule has 0 aliphatic carbocycles. The normalized spacial score (nSPS) is 21.8. The minimum Gasteiger partial charge on any atom is -0.480 e. The van der Waals surface area contributed by atoms with Crippen LogP contribution in [0.4, 0.5) is 0 Å². The summed E-state index contributed by atoms with van der Waals surface area (Å²) in [5, 5.41) is 12.3. The number of aliphatic carboxylic acids is 1. The van der Waals surface area contributed by atoms with Crippen LogP contribution in [0.15, 0.2) is 54.6 Å². The van der Waals surface area contributed by atoms with Crippen molar-refractivity contribution in [3.63, 3.8) is 0 Å². The summed E-state index contributed by atoms with van der Waals surface area (Å²) in [6.45, 7) is 0.766. The van der Waals surface area contributed by atoms with Crippen LogP contribution in [-0.2, 0) is 4.79 Å². The lowest BCUT2D eigenvalue weighted by atomic mass is 9.90. The first-order chi connectivity index (χ1) is 9.75. The van der Waals surface area contributed by atoms with Gasteiger partial charge in [0.05, 0.1) is 0 Å². The molecule has 1 heterocycles. The zero-order valence-corrected chi connectivity index (χ0v) is 11.1. The second-order valence-corrected chi connectivity index (χ2v) is 5.15. The van der Waals surface area contributed by atoms with E-state index in [0.29, 0.717) is 0 Å². The number of hydrogen-bond donors (Lipinski definition) is 2. The predicted molar refractivity (Wildman–Crippen MR) is 78.7 cm³/mol. The number of benzene rings is 2. The van der Waals surface area contributed by atoms with Gasteiger partial charge in [0.1, 0.15) is 6.04 Å². The molecule has 2 atom stereocenters.